The van der Waals surface area contributed by atoms with Crippen LogP contribution in [0.1, 0.15) is 32.4 Å². The Labute approximate surface area is 125 Å². The summed E-state index contributed by atoms with van der Waals surface area (Å²) in [5, 5.41) is 0. The van der Waals surface area contributed by atoms with E-state index in [9.17, 15) is 9.59 Å². The van der Waals surface area contributed by atoms with Gasteiger partial charge in [0.05, 0.1) is 13.1 Å². The Hall–Kier alpha value is -1.78. The van der Waals surface area contributed by atoms with Crippen LogP contribution in [-0.2, 0) is 11.8 Å². The normalized spacial score (nSPS) is 15.2. The van der Waals surface area contributed by atoms with E-state index >= 15 is 0 Å². The van der Waals surface area contributed by atoms with E-state index in [0.717, 1.165) is 18.5 Å². The molecule has 1 aromatic heterocycles. The van der Waals surface area contributed by atoms with Gasteiger partial charge in [0.1, 0.15) is 11.9 Å². The molecule has 0 saturated carbocycles. The number of aromatic nitrogens is 1. The molecule has 0 aliphatic carbocycles. The van der Waals surface area contributed by atoms with E-state index in [4.69, 9.17) is 4.74 Å². The molecule has 116 valence electrons. The number of ether oxygens (including phenoxy) is 1. The van der Waals surface area contributed by atoms with E-state index in [1.165, 1.54) is 6.07 Å². The maximum atomic E-state index is 12.2. The van der Waals surface area contributed by atoms with E-state index in [-0.39, 0.29) is 23.5 Å². The van der Waals surface area contributed by atoms with Gasteiger partial charge in [0.15, 0.2) is 0 Å². The summed E-state index contributed by atoms with van der Waals surface area (Å²) in [6.45, 7) is 7.19. The molecule has 0 unspecified atom stereocenters. The summed E-state index contributed by atoms with van der Waals surface area (Å²) >= 11 is 0. The van der Waals surface area contributed by atoms with Crippen LogP contribution in [0.15, 0.2) is 16.9 Å². The minimum atomic E-state index is -0.0747. The Kier molecular flexibility index (Phi) is 4.70. The Morgan fingerprint density at radius 2 is 1.95 bits per heavy atom. The van der Waals surface area contributed by atoms with E-state index in [1.807, 2.05) is 31.7 Å². The third-order valence-corrected chi connectivity index (χ3v) is 4.27. The van der Waals surface area contributed by atoms with Crippen LogP contribution in [0.2, 0.25) is 0 Å². The average molecular weight is 292 g/mol. The highest BCUT2D eigenvalue weighted by atomic mass is 16.5. The van der Waals surface area contributed by atoms with Crippen molar-refractivity contribution < 1.29 is 9.53 Å². The Bertz CT molecular complexity index is 569. The standard InChI is InChI=1S/C16H24N2O3/c1-5-12(6-2)16(20)18-9-14(10-18)21-13-7-11(3)17(4)15(19)8-13/h7-8,12,14H,5-6,9-10H2,1-4H3. The van der Waals surface area contributed by atoms with Gasteiger partial charge in [-0.25, -0.2) is 0 Å². The predicted molar refractivity (Wildman–Crippen MR) is 81.5 cm³/mol. The molecule has 1 aromatic rings. The minimum Gasteiger partial charge on any atom is -0.486 e. The van der Waals surface area contributed by atoms with E-state index in [2.05, 4.69) is 0 Å². The molecule has 1 saturated heterocycles. The van der Waals surface area contributed by atoms with Crippen LogP contribution in [-0.4, -0.2) is 34.6 Å². The Morgan fingerprint density at radius 3 is 2.48 bits per heavy atom. The van der Waals surface area contributed by atoms with Gasteiger partial charge in [0.25, 0.3) is 5.56 Å². The Morgan fingerprint density at radius 1 is 1.33 bits per heavy atom. The molecule has 2 heterocycles. The van der Waals surface area contributed by atoms with Gasteiger partial charge in [0, 0.05) is 24.7 Å². The smallest absolute Gasteiger partial charge is 0.254 e. The quantitative estimate of drug-likeness (QED) is 0.830. The largest absolute Gasteiger partial charge is 0.486 e. The predicted octanol–water partition coefficient (Wildman–Crippen LogP) is 1.72. The second kappa shape index (κ2) is 6.33. The third-order valence-electron chi connectivity index (χ3n) is 4.27. The molecule has 2 rings (SSSR count). The number of hydrogen-bond acceptors (Lipinski definition) is 3. The van der Waals surface area contributed by atoms with Gasteiger partial charge >= 0.3 is 0 Å². The first-order chi connectivity index (χ1) is 9.96. The molecule has 1 aliphatic heterocycles. The van der Waals surface area contributed by atoms with Gasteiger partial charge in [-0.1, -0.05) is 13.8 Å². The van der Waals surface area contributed by atoms with Crippen molar-refractivity contribution >= 4 is 5.91 Å². The zero-order chi connectivity index (χ0) is 15.6. The molecular formula is C16H24N2O3. The van der Waals surface area contributed by atoms with Crippen molar-refractivity contribution in [2.24, 2.45) is 13.0 Å². The molecule has 0 radical (unpaired) electrons. The summed E-state index contributed by atoms with van der Waals surface area (Å²) in [6, 6.07) is 3.35. The average Bonchev–Trinajstić information content (AvgIpc) is 2.40. The molecule has 0 bridgehead atoms. The van der Waals surface area contributed by atoms with Crippen molar-refractivity contribution in [3.8, 4) is 5.75 Å². The minimum absolute atomic E-state index is 0.00480. The first-order valence-corrected chi connectivity index (χ1v) is 7.59. The number of rotatable bonds is 5. The van der Waals surface area contributed by atoms with Crippen molar-refractivity contribution in [1.82, 2.24) is 9.47 Å². The summed E-state index contributed by atoms with van der Waals surface area (Å²) in [6.07, 6.45) is 1.76. The topological polar surface area (TPSA) is 51.5 Å². The fraction of sp³-hybridized carbons (Fsp3) is 0.625. The first kappa shape index (κ1) is 15.6. The lowest BCUT2D eigenvalue weighted by Gasteiger charge is -2.40. The lowest BCUT2D eigenvalue weighted by Crippen LogP contribution is -2.57. The van der Waals surface area contributed by atoms with Gasteiger partial charge in [-0.05, 0) is 25.8 Å². The molecule has 1 aliphatic rings. The number of amides is 1. The molecule has 0 spiro atoms. The fourth-order valence-electron chi connectivity index (χ4n) is 2.59. The molecule has 1 amide bonds. The van der Waals surface area contributed by atoms with Crippen molar-refractivity contribution in [2.75, 3.05) is 13.1 Å². The molecule has 0 atom stereocenters. The highest BCUT2D eigenvalue weighted by molar-refractivity contribution is 5.79. The number of aryl methyl sites for hydroxylation is 1. The summed E-state index contributed by atoms with van der Waals surface area (Å²) < 4.78 is 7.37. The number of carbonyl (C=O) groups is 1. The molecule has 0 N–H and O–H groups in total. The maximum Gasteiger partial charge on any atom is 0.254 e. The van der Waals surface area contributed by atoms with E-state index in [0.29, 0.717) is 18.8 Å². The fourth-order valence-corrected chi connectivity index (χ4v) is 2.59. The van der Waals surface area contributed by atoms with Crippen LogP contribution in [0.4, 0.5) is 0 Å². The van der Waals surface area contributed by atoms with Crippen LogP contribution in [0.5, 0.6) is 5.75 Å². The number of likely N-dealkylation sites (tertiary alicyclic amines) is 1. The molecule has 0 aromatic carbocycles. The zero-order valence-corrected chi connectivity index (χ0v) is 13.3. The van der Waals surface area contributed by atoms with Gasteiger partial charge in [-0.2, -0.15) is 0 Å². The summed E-state index contributed by atoms with van der Waals surface area (Å²) in [5.74, 6) is 0.937. The molecule has 1 fully saturated rings. The Balaban J connectivity index is 1.91. The number of nitrogens with zero attached hydrogens (tertiary/aromatic N) is 2. The van der Waals surface area contributed by atoms with Crippen LogP contribution < -0.4 is 10.3 Å². The highest BCUT2D eigenvalue weighted by Crippen LogP contribution is 2.21. The van der Waals surface area contributed by atoms with Crippen molar-refractivity contribution in [1.29, 1.82) is 0 Å². The second-order valence-electron chi connectivity index (χ2n) is 5.73. The highest BCUT2D eigenvalue weighted by Gasteiger charge is 2.34. The summed E-state index contributed by atoms with van der Waals surface area (Å²) in [4.78, 5) is 25.7. The van der Waals surface area contributed by atoms with Crippen LogP contribution in [0.25, 0.3) is 0 Å². The lowest BCUT2D eigenvalue weighted by atomic mass is 9.99. The maximum absolute atomic E-state index is 12.2. The summed E-state index contributed by atoms with van der Waals surface area (Å²) in [5.41, 5.74) is 0.788. The van der Waals surface area contributed by atoms with Gasteiger partial charge in [0.2, 0.25) is 5.91 Å². The van der Waals surface area contributed by atoms with Crippen molar-refractivity contribution in [3.05, 3.63) is 28.2 Å². The summed E-state index contributed by atoms with van der Waals surface area (Å²) in [7, 11) is 1.74. The van der Waals surface area contributed by atoms with Gasteiger partial charge in [-0.3, -0.25) is 9.59 Å². The van der Waals surface area contributed by atoms with Crippen LogP contribution >= 0.6 is 0 Å². The number of pyridine rings is 1. The van der Waals surface area contributed by atoms with Gasteiger partial charge in [-0.15, -0.1) is 0 Å². The van der Waals surface area contributed by atoms with Gasteiger partial charge < -0.3 is 14.2 Å². The second-order valence-corrected chi connectivity index (χ2v) is 5.73. The molecular weight excluding hydrogens is 268 g/mol. The van der Waals surface area contributed by atoms with Crippen molar-refractivity contribution in [3.63, 3.8) is 0 Å². The molecule has 5 nitrogen and oxygen atoms in total. The number of carbonyl (C=O) groups excluding carboxylic acids is 1. The van der Waals surface area contributed by atoms with E-state index in [1.54, 1.807) is 11.6 Å². The molecule has 21 heavy (non-hydrogen) atoms. The van der Waals surface area contributed by atoms with E-state index < -0.39 is 0 Å². The zero-order valence-electron chi connectivity index (χ0n) is 13.3. The first-order valence-electron chi connectivity index (χ1n) is 7.59. The number of hydrogen-bond donors (Lipinski definition) is 0. The monoisotopic (exact) mass is 292 g/mol. The van der Waals surface area contributed by atoms with Crippen LogP contribution in [0, 0.1) is 12.8 Å². The lowest BCUT2D eigenvalue weighted by molar-refractivity contribution is -0.144. The van der Waals surface area contributed by atoms with Crippen molar-refractivity contribution in [2.45, 2.75) is 39.7 Å². The van der Waals surface area contributed by atoms with Crippen LogP contribution in [0.3, 0.4) is 0 Å². The third kappa shape index (κ3) is 3.28. The molecule has 5 heteroatoms. The SMILES string of the molecule is CCC(CC)C(=O)N1CC(Oc2cc(C)n(C)c(=O)c2)C1.